The lowest BCUT2D eigenvalue weighted by Crippen LogP contribution is -2.61. The molecule has 0 spiro atoms. The van der Waals surface area contributed by atoms with Gasteiger partial charge in [0.2, 0.25) is 47.3 Å². The molecule has 582 valence electrons. The first-order chi connectivity index (χ1) is 52.4. The van der Waals surface area contributed by atoms with Crippen LogP contribution in [0.5, 0.6) is 5.75 Å². The number of hydrogen-bond donors (Lipinski definition) is 10. The highest BCUT2D eigenvalue weighted by Gasteiger charge is 2.51. The molecule has 6 aliphatic heterocycles. The predicted molar refractivity (Wildman–Crippen MR) is 406 cm³/mol. The zero-order chi connectivity index (χ0) is 78.9. The molecular formula is C80H98N16O14. The fourth-order valence-electron chi connectivity index (χ4n) is 14.3. The van der Waals surface area contributed by atoms with Crippen LogP contribution < -0.4 is 47.3 Å². The van der Waals surface area contributed by atoms with Crippen LogP contribution >= 0.6 is 0 Å². The van der Waals surface area contributed by atoms with Gasteiger partial charge in [0.25, 0.3) is 0 Å². The Morgan fingerprint density at radius 2 is 0.973 bits per heavy atom. The van der Waals surface area contributed by atoms with E-state index in [0.29, 0.717) is 58.0 Å². The van der Waals surface area contributed by atoms with E-state index in [1.165, 1.54) is 19.2 Å². The second-order valence-corrected chi connectivity index (χ2v) is 31.0. The predicted octanol–water partition coefficient (Wildman–Crippen LogP) is 4.68. The SMILES string of the molecule is CNC(C)C(=O)NC(C(=O)N1CCC2C1C(=O)NC(Cc1ccc3ccccc3c1)C(=O)NC(C(=O)O)CC1=CC=C(CC1)OCc1cn(nn1)C1CCN(C(=O)C(NC(=O)C(C)NC)C(C)(C)C)C1C(=O)NC(Cc1ccc3ccccc3c1)C(=O)NC(C(=O)O)Cc1ccc(cc1)OCc1cn2nn1)C(C)(C)C. The molecule has 10 N–H and O–H groups in total. The van der Waals surface area contributed by atoms with Crippen molar-refractivity contribution in [2.45, 2.75) is 192 Å². The number of likely N-dealkylation sites (tertiary alicyclic amines) is 2. The number of rotatable bonds is 14. The van der Waals surface area contributed by atoms with E-state index in [1.807, 2.05) is 84.9 Å². The number of ether oxygens (including phenoxy) is 2. The largest absolute Gasteiger partial charge is 0.491 e. The van der Waals surface area contributed by atoms with Gasteiger partial charge < -0.3 is 72.0 Å². The first-order valence-corrected chi connectivity index (χ1v) is 37.2. The van der Waals surface area contributed by atoms with Crippen LogP contribution in [0.15, 0.2) is 145 Å². The second kappa shape index (κ2) is 34.4. The Labute approximate surface area is 637 Å². The summed E-state index contributed by atoms with van der Waals surface area (Å²) in [4.78, 5) is 148. The normalized spacial score (nSPS) is 22.4. The van der Waals surface area contributed by atoms with Crippen molar-refractivity contribution < 1.29 is 67.6 Å². The van der Waals surface area contributed by atoms with Crippen LogP contribution in [0.2, 0.25) is 0 Å². The number of hydrogen-bond acceptors (Lipinski definition) is 18. The van der Waals surface area contributed by atoms with E-state index in [2.05, 4.69) is 63.2 Å². The van der Waals surface area contributed by atoms with Crippen LogP contribution in [0.1, 0.15) is 128 Å². The molecule has 2 saturated heterocycles. The van der Waals surface area contributed by atoms with Crippen molar-refractivity contribution in [3.8, 4) is 5.75 Å². The minimum absolute atomic E-state index is 0.00160. The van der Waals surface area contributed by atoms with Crippen molar-refractivity contribution in [3.63, 3.8) is 0 Å². The number of carbonyl (C=O) groups is 10. The average molecular weight is 1510 g/mol. The number of benzene rings is 5. The van der Waals surface area contributed by atoms with Crippen molar-refractivity contribution in [2.75, 3.05) is 27.2 Å². The number of aliphatic carboxylic acids is 2. The zero-order valence-electron chi connectivity index (χ0n) is 63.5. The number of fused-ring (bicyclic) bond motifs is 2. The van der Waals surface area contributed by atoms with Gasteiger partial charge in [0, 0.05) is 38.8 Å². The third-order valence-corrected chi connectivity index (χ3v) is 20.9. The summed E-state index contributed by atoms with van der Waals surface area (Å²) in [5.41, 5.74) is 1.26. The number of carboxylic acid groups (broad SMARTS) is 2. The van der Waals surface area contributed by atoms with Gasteiger partial charge in [-0.25, -0.2) is 19.0 Å². The summed E-state index contributed by atoms with van der Waals surface area (Å²) in [5.74, 6) is -7.13. The van der Waals surface area contributed by atoms with Gasteiger partial charge in [-0.05, 0) is 121 Å². The Balaban J connectivity index is 0.939. The van der Waals surface area contributed by atoms with E-state index >= 15 is 28.8 Å². The Hall–Kier alpha value is -11.4. The van der Waals surface area contributed by atoms with E-state index in [9.17, 15) is 29.4 Å². The average Bonchev–Trinajstić information content (AvgIpc) is 1.62. The van der Waals surface area contributed by atoms with E-state index in [4.69, 9.17) is 9.47 Å². The summed E-state index contributed by atoms with van der Waals surface area (Å²) >= 11 is 0. The summed E-state index contributed by atoms with van der Waals surface area (Å²) < 4.78 is 15.4. The summed E-state index contributed by atoms with van der Waals surface area (Å²) in [6, 6.07) is 18.7. The maximum absolute atomic E-state index is 15.6. The number of likely N-dealkylation sites (N-methyl/N-ethyl adjacent to an activating group) is 2. The van der Waals surface area contributed by atoms with Gasteiger partial charge in [-0.1, -0.05) is 161 Å². The molecule has 8 heterocycles. The van der Waals surface area contributed by atoms with Crippen LogP contribution in [0.25, 0.3) is 21.5 Å². The molecule has 7 aromatic rings. The Bertz CT molecular complexity index is 4650. The molecule has 1 aliphatic carbocycles. The molecule has 8 bridgehead atoms. The van der Waals surface area contributed by atoms with E-state index in [-0.39, 0.29) is 64.8 Å². The van der Waals surface area contributed by atoms with Gasteiger partial charge in [-0.15, -0.1) is 10.2 Å². The van der Waals surface area contributed by atoms with Crippen molar-refractivity contribution >= 4 is 80.7 Å². The first kappa shape index (κ1) is 79.6. The van der Waals surface area contributed by atoms with Crippen LogP contribution in [0.4, 0.5) is 0 Å². The van der Waals surface area contributed by atoms with E-state index in [1.54, 1.807) is 118 Å². The maximum atomic E-state index is 15.6. The second-order valence-electron chi connectivity index (χ2n) is 31.0. The minimum atomic E-state index is -1.53. The Kier molecular flexibility index (Phi) is 24.9. The number of allylic oxidation sites excluding steroid dienone is 3. The van der Waals surface area contributed by atoms with Gasteiger partial charge in [0.1, 0.15) is 78.7 Å². The molecule has 0 saturated carbocycles. The maximum Gasteiger partial charge on any atom is 0.326 e. The molecule has 14 rings (SSSR count). The van der Waals surface area contributed by atoms with Gasteiger partial charge >= 0.3 is 11.9 Å². The van der Waals surface area contributed by atoms with Crippen LogP contribution in [-0.4, -0.2) is 197 Å². The Morgan fingerprint density at radius 1 is 0.536 bits per heavy atom. The lowest BCUT2D eigenvalue weighted by atomic mass is 9.85. The highest BCUT2D eigenvalue weighted by atomic mass is 16.5. The van der Waals surface area contributed by atoms with Crippen LogP contribution in [0.3, 0.4) is 0 Å². The Morgan fingerprint density at radius 3 is 1.39 bits per heavy atom. The van der Waals surface area contributed by atoms with Gasteiger partial charge in [-0.2, -0.15) is 0 Å². The van der Waals surface area contributed by atoms with E-state index < -0.39 is 143 Å². The molecule has 30 heteroatoms. The first-order valence-electron chi connectivity index (χ1n) is 37.2. The zero-order valence-corrected chi connectivity index (χ0v) is 63.5. The topological polar surface area (TPSA) is 394 Å². The summed E-state index contributed by atoms with van der Waals surface area (Å²) in [7, 11) is 3.23. The number of nitrogens with one attached hydrogen (secondary N) is 8. The highest BCUT2D eigenvalue weighted by molar-refractivity contribution is 5.99. The summed E-state index contributed by atoms with van der Waals surface area (Å²) in [6.07, 6.45) is 6.93. The lowest BCUT2D eigenvalue weighted by molar-refractivity contribution is -0.145. The quantitative estimate of drug-likeness (QED) is 0.0706. The van der Waals surface area contributed by atoms with Crippen LogP contribution in [0, 0.1) is 10.8 Å². The molecule has 0 radical (unpaired) electrons. The van der Waals surface area contributed by atoms with Crippen molar-refractivity contribution in [2.24, 2.45) is 10.8 Å². The van der Waals surface area contributed by atoms with Crippen molar-refractivity contribution in [1.82, 2.24) is 82.3 Å². The molecule has 8 amide bonds. The number of nitrogens with zero attached hydrogens (tertiary/aromatic N) is 8. The molecule has 110 heavy (non-hydrogen) atoms. The standard InChI is InChI=1S/C80H98N16O14/c1-45(81-9)69(97)87-67(79(3,4)5)75(103)93-33-31-63-65(93)73(101)83-59(39-49-19-25-51-15-11-13-17-53(51)35-49)71(99)85-61(77(105)106)37-47-23-29-58(30-24-47)110-44-56-42-96(92-90-56)64-32-34-94(76(104)68(80(6,7)8)88-70(98)46(2)82-10)66(64)74(102)84-60(40-50-20-26-52-16-12-14-18-54(52)36-50)72(100)86-62(78(107)108)38-48-21-27-57(28-22-48)109-43-55-41-95(63)91-89-55/h11-23,25-29,35-36,41-42,45-46,59-68,81-82H,24,30-34,37-40,43-44H2,1-10H3,(H,83,101)(H,84,102)(H,85,99)(H,86,100)(H,87,97)(H,88,98)(H,105,106)(H,107,108). The highest BCUT2D eigenvalue weighted by Crippen LogP contribution is 2.36. The number of carbonyl (C=O) groups excluding carboxylic acids is 8. The molecule has 12 unspecified atom stereocenters. The van der Waals surface area contributed by atoms with Crippen molar-refractivity contribution in [1.29, 1.82) is 0 Å². The van der Waals surface area contributed by atoms with Gasteiger partial charge in [0.05, 0.1) is 42.3 Å². The number of carboxylic acids is 2. The molecule has 2 fully saturated rings. The third kappa shape index (κ3) is 19.2. The molecular weight excluding hydrogens is 1410 g/mol. The number of aromatic nitrogens is 6. The molecule has 5 aromatic carbocycles. The minimum Gasteiger partial charge on any atom is -0.491 e. The van der Waals surface area contributed by atoms with E-state index in [0.717, 1.165) is 21.5 Å². The van der Waals surface area contributed by atoms with Gasteiger partial charge in [-0.3, -0.25) is 38.4 Å². The fraction of sp³-hybridized carbons (Fsp3) is 0.450. The fourth-order valence-corrected chi connectivity index (χ4v) is 14.3. The molecule has 2 aromatic heterocycles. The summed E-state index contributed by atoms with van der Waals surface area (Å²) in [6.45, 7) is 13.8. The molecule has 30 nitrogen and oxygen atoms in total. The molecule has 7 aliphatic rings. The van der Waals surface area contributed by atoms with Crippen molar-refractivity contribution in [3.05, 3.63) is 173 Å². The molecule has 12 atom stereocenters. The smallest absolute Gasteiger partial charge is 0.326 e. The van der Waals surface area contributed by atoms with Gasteiger partial charge in [0.15, 0.2) is 0 Å². The third-order valence-electron chi connectivity index (χ3n) is 20.9. The van der Waals surface area contributed by atoms with Crippen LogP contribution in [-0.2, 0) is 85.2 Å². The lowest BCUT2D eigenvalue weighted by Gasteiger charge is -2.37. The number of amides is 8. The monoisotopic (exact) mass is 1510 g/mol. The summed E-state index contributed by atoms with van der Waals surface area (Å²) in [5, 5.41) is 65.9.